The minimum atomic E-state index is -0.442. The molecule has 21 heavy (non-hydrogen) atoms. The summed E-state index contributed by atoms with van der Waals surface area (Å²) in [5, 5.41) is 14.0. The smallest absolute Gasteiger partial charge is 0.275 e. The van der Waals surface area contributed by atoms with Gasteiger partial charge >= 0.3 is 0 Å². The third-order valence-corrected chi connectivity index (χ3v) is 2.72. The van der Waals surface area contributed by atoms with Crippen LogP contribution in [0.3, 0.4) is 0 Å². The van der Waals surface area contributed by atoms with E-state index in [4.69, 9.17) is 4.74 Å². The Kier molecular flexibility index (Phi) is 4.65. The molecule has 1 heterocycles. The normalized spacial score (nSPS) is 10.2. The fraction of sp³-hybridized carbons (Fsp3) is 0.286. The molecule has 0 saturated heterocycles. The fourth-order valence-electron chi connectivity index (χ4n) is 1.84. The summed E-state index contributed by atoms with van der Waals surface area (Å²) < 4.78 is 5.34. The van der Waals surface area contributed by atoms with E-state index in [-0.39, 0.29) is 5.69 Å². The molecule has 0 aliphatic heterocycles. The number of anilines is 1. The van der Waals surface area contributed by atoms with Gasteiger partial charge in [0, 0.05) is 24.0 Å². The van der Waals surface area contributed by atoms with Crippen LogP contribution in [0.2, 0.25) is 0 Å². The van der Waals surface area contributed by atoms with Crippen molar-refractivity contribution in [3.05, 3.63) is 52.1 Å². The summed E-state index contributed by atoms with van der Waals surface area (Å²) >= 11 is 0. The van der Waals surface area contributed by atoms with Gasteiger partial charge < -0.3 is 10.1 Å². The fourth-order valence-corrected chi connectivity index (χ4v) is 1.84. The van der Waals surface area contributed by atoms with E-state index < -0.39 is 4.92 Å². The second-order valence-electron chi connectivity index (χ2n) is 4.35. The molecule has 0 radical (unpaired) electrons. The largest absolute Gasteiger partial charge is 0.494 e. The summed E-state index contributed by atoms with van der Waals surface area (Å²) in [5.74, 6) is 1.15. The van der Waals surface area contributed by atoms with Gasteiger partial charge in [-0.1, -0.05) is 0 Å². The summed E-state index contributed by atoms with van der Waals surface area (Å²) in [6.07, 6.45) is 1.68. The number of nitrogens with zero attached hydrogens (tertiary/aromatic N) is 3. The highest BCUT2D eigenvalue weighted by atomic mass is 16.6. The number of rotatable bonds is 6. The van der Waals surface area contributed by atoms with Crippen LogP contribution in [0, 0.1) is 17.0 Å². The van der Waals surface area contributed by atoms with E-state index in [2.05, 4.69) is 15.3 Å². The number of hydrogen-bond donors (Lipinski definition) is 1. The molecule has 1 aromatic heterocycles. The van der Waals surface area contributed by atoms with Gasteiger partial charge in [0.2, 0.25) is 0 Å². The SMILES string of the molecule is CCOc1cc(NCc2ccnc(C)n2)cc([N+](=O)[O-])c1. The summed E-state index contributed by atoms with van der Waals surface area (Å²) in [6.45, 7) is 4.54. The molecule has 0 saturated carbocycles. The highest BCUT2D eigenvalue weighted by Gasteiger charge is 2.10. The Morgan fingerprint density at radius 3 is 2.86 bits per heavy atom. The van der Waals surface area contributed by atoms with Crippen molar-refractivity contribution in [1.82, 2.24) is 9.97 Å². The Bertz CT molecular complexity index is 646. The molecule has 0 atom stereocenters. The summed E-state index contributed by atoms with van der Waals surface area (Å²) in [7, 11) is 0. The molecule has 0 bridgehead atoms. The van der Waals surface area contributed by atoms with Crippen LogP contribution in [0.1, 0.15) is 18.4 Å². The maximum atomic E-state index is 10.9. The van der Waals surface area contributed by atoms with Gasteiger partial charge in [0.05, 0.1) is 29.8 Å². The van der Waals surface area contributed by atoms with E-state index in [9.17, 15) is 10.1 Å². The van der Waals surface area contributed by atoms with Crippen molar-refractivity contribution in [3.63, 3.8) is 0 Å². The number of non-ortho nitro benzene ring substituents is 1. The average molecular weight is 288 g/mol. The van der Waals surface area contributed by atoms with E-state index in [1.165, 1.54) is 12.1 Å². The molecule has 2 rings (SSSR count). The first kappa shape index (κ1) is 14.7. The van der Waals surface area contributed by atoms with Crippen LogP contribution in [0.4, 0.5) is 11.4 Å². The number of hydrogen-bond acceptors (Lipinski definition) is 6. The van der Waals surface area contributed by atoms with Crippen molar-refractivity contribution in [3.8, 4) is 5.75 Å². The Morgan fingerprint density at radius 1 is 1.38 bits per heavy atom. The molecule has 0 spiro atoms. The molecule has 0 aliphatic rings. The average Bonchev–Trinajstić information content (AvgIpc) is 2.45. The lowest BCUT2D eigenvalue weighted by atomic mass is 10.2. The molecular formula is C14H16N4O3. The van der Waals surface area contributed by atoms with E-state index in [0.717, 1.165) is 5.69 Å². The topological polar surface area (TPSA) is 90.2 Å². The number of aromatic nitrogens is 2. The minimum Gasteiger partial charge on any atom is -0.494 e. The quantitative estimate of drug-likeness (QED) is 0.649. The Balaban J connectivity index is 2.16. The summed E-state index contributed by atoms with van der Waals surface area (Å²) in [4.78, 5) is 18.8. The summed E-state index contributed by atoms with van der Waals surface area (Å²) in [5.41, 5.74) is 1.41. The summed E-state index contributed by atoms with van der Waals surface area (Å²) in [6, 6.07) is 6.39. The molecule has 0 fully saturated rings. The van der Waals surface area contributed by atoms with E-state index >= 15 is 0 Å². The molecule has 0 amide bonds. The number of aryl methyl sites for hydroxylation is 1. The third kappa shape index (κ3) is 4.13. The van der Waals surface area contributed by atoms with Gasteiger partial charge in [0.1, 0.15) is 11.6 Å². The van der Waals surface area contributed by atoms with Crippen LogP contribution in [0.15, 0.2) is 30.5 Å². The van der Waals surface area contributed by atoms with Crippen molar-refractivity contribution in [2.75, 3.05) is 11.9 Å². The van der Waals surface area contributed by atoms with Crippen LogP contribution >= 0.6 is 0 Å². The standard InChI is InChI=1S/C14H16N4O3/c1-3-21-14-7-12(6-13(8-14)18(19)20)16-9-11-4-5-15-10(2)17-11/h4-8,16H,3,9H2,1-2H3. The monoisotopic (exact) mass is 288 g/mol. The number of nitrogens with one attached hydrogen (secondary N) is 1. The molecule has 0 aliphatic carbocycles. The highest BCUT2D eigenvalue weighted by Crippen LogP contribution is 2.26. The van der Waals surface area contributed by atoms with Crippen LogP contribution in [0.25, 0.3) is 0 Å². The zero-order valence-electron chi connectivity index (χ0n) is 11.9. The molecule has 1 aromatic carbocycles. The molecule has 2 aromatic rings. The van der Waals surface area contributed by atoms with Crippen LogP contribution in [-0.2, 0) is 6.54 Å². The van der Waals surface area contributed by atoms with Gasteiger partial charge in [-0.15, -0.1) is 0 Å². The second kappa shape index (κ2) is 6.65. The Hall–Kier alpha value is -2.70. The number of nitro benzene ring substituents is 1. The van der Waals surface area contributed by atoms with Crippen LogP contribution < -0.4 is 10.1 Å². The number of nitro groups is 1. The van der Waals surface area contributed by atoms with E-state index in [1.807, 2.05) is 13.8 Å². The van der Waals surface area contributed by atoms with Gasteiger partial charge in [0.15, 0.2) is 0 Å². The van der Waals surface area contributed by atoms with Crippen LogP contribution in [-0.4, -0.2) is 21.5 Å². The van der Waals surface area contributed by atoms with Crippen molar-refractivity contribution < 1.29 is 9.66 Å². The number of ether oxygens (including phenoxy) is 1. The molecule has 0 unspecified atom stereocenters. The first-order valence-corrected chi connectivity index (χ1v) is 6.53. The third-order valence-electron chi connectivity index (χ3n) is 2.72. The first-order chi connectivity index (χ1) is 10.1. The minimum absolute atomic E-state index is 0.0117. The second-order valence-corrected chi connectivity index (χ2v) is 4.35. The van der Waals surface area contributed by atoms with Crippen molar-refractivity contribution in [2.45, 2.75) is 20.4 Å². The van der Waals surface area contributed by atoms with Gasteiger partial charge in [-0.2, -0.15) is 0 Å². The van der Waals surface area contributed by atoms with Crippen LogP contribution in [0.5, 0.6) is 5.75 Å². The zero-order valence-corrected chi connectivity index (χ0v) is 11.9. The lowest BCUT2D eigenvalue weighted by Gasteiger charge is -2.09. The van der Waals surface area contributed by atoms with Crippen molar-refractivity contribution in [1.29, 1.82) is 0 Å². The molecular weight excluding hydrogens is 272 g/mol. The lowest BCUT2D eigenvalue weighted by molar-refractivity contribution is -0.384. The van der Waals surface area contributed by atoms with E-state index in [1.54, 1.807) is 18.3 Å². The highest BCUT2D eigenvalue weighted by molar-refractivity contribution is 5.56. The molecule has 110 valence electrons. The van der Waals surface area contributed by atoms with Gasteiger partial charge in [0.25, 0.3) is 5.69 Å². The maximum absolute atomic E-state index is 10.9. The lowest BCUT2D eigenvalue weighted by Crippen LogP contribution is -2.04. The first-order valence-electron chi connectivity index (χ1n) is 6.53. The maximum Gasteiger partial charge on any atom is 0.275 e. The number of benzene rings is 1. The Morgan fingerprint density at radius 2 is 2.19 bits per heavy atom. The molecule has 7 heteroatoms. The predicted molar refractivity (Wildman–Crippen MR) is 78.4 cm³/mol. The van der Waals surface area contributed by atoms with Crippen molar-refractivity contribution >= 4 is 11.4 Å². The van der Waals surface area contributed by atoms with Gasteiger partial charge in [-0.05, 0) is 19.9 Å². The zero-order chi connectivity index (χ0) is 15.2. The predicted octanol–water partition coefficient (Wildman–Crippen LogP) is 2.70. The Labute approximate surface area is 122 Å². The van der Waals surface area contributed by atoms with E-state index in [0.29, 0.717) is 30.4 Å². The van der Waals surface area contributed by atoms with Crippen molar-refractivity contribution in [2.24, 2.45) is 0 Å². The molecule has 7 nitrogen and oxygen atoms in total. The molecule has 1 N–H and O–H groups in total. The van der Waals surface area contributed by atoms with Gasteiger partial charge in [-0.3, -0.25) is 10.1 Å². The van der Waals surface area contributed by atoms with Gasteiger partial charge in [-0.25, -0.2) is 9.97 Å².